The number of aliphatic carboxylic acids is 1. The zero-order chi connectivity index (χ0) is 10.3. The molecule has 2 saturated carbocycles. The molecule has 2 aliphatic rings. The molecule has 2 rings (SSSR count). The average molecular weight is 198 g/mol. The number of rotatable bonds is 2. The van der Waals surface area contributed by atoms with Crippen molar-refractivity contribution in [2.45, 2.75) is 19.3 Å². The molecule has 4 unspecified atom stereocenters. The number of carbonyl (C=O) groups is 2. The highest BCUT2D eigenvalue weighted by Crippen LogP contribution is 2.52. The molecule has 0 heterocycles. The third-order valence-corrected chi connectivity index (χ3v) is 3.68. The summed E-state index contributed by atoms with van der Waals surface area (Å²) in [5, 5.41) is 8.90. The molecular formula is C10H14O4. The van der Waals surface area contributed by atoms with Gasteiger partial charge in [-0.25, -0.2) is 0 Å². The van der Waals surface area contributed by atoms with Crippen LogP contribution in [0.1, 0.15) is 19.3 Å². The highest BCUT2D eigenvalue weighted by atomic mass is 16.5. The van der Waals surface area contributed by atoms with Gasteiger partial charge in [-0.2, -0.15) is 0 Å². The number of hydrogen-bond acceptors (Lipinski definition) is 3. The maximum Gasteiger partial charge on any atom is 0.308 e. The maximum atomic E-state index is 11.3. The topological polar surface area (TPSA) is 63.6 Å². The van der Waals surface area contributed by atoms with Crippen molar-refractivity contribution in [1.82, 2.24) is 0 Å². The van der Waals surface area contributed by atoms with Crippen molar-refractivity contribution in [3.63, 3.8) is 0 Å². The van der Waals surface area contributed by atoms with E-state index in [0.717, 1.165) is 6.42 Å². The quantitative estimate of drug-likeness (QED) is 0.670. The van der Waals surface area contributed by atoms with Gasteiger partial charge in [-0.3, -0.25) is 9.59 Å². The highest BCUT2D eigenvalue weighted by molar-refractivity contribution is 5.75. The summed E-state index contributed by atoms with van der Waals surface area (Å²) in [6, 6.07) is 0. The molecule has 2 aliphatic carbocycles. The molecule has 1 N–H and O–H groups in total. The van der Waals surface area contributed by atoms with Gasteiger partial charge >= 0.3 is 11.9 Å². The van der Waals surface area contributed by atoms with E-state index < -0.39 is 5.97 Å². The number of carbonyl (C=O) groups excluding carboxylic acids is 1. The van der Waals surface area contributed by atoms with E-state index in [1.165, 1.54) is 7.11 Å². The van der Waals surface area contributed by atoms with Gasteiger partial charge in [-0.15, -0.1) is 0 Å². The smallest absolute Gasteiger partial charge is 0.308 e. The summed E-state index contributed by atoms with van der Waals surface area (Å²) in [6.07, 6.45) is 2.24. The number of esters is 1. The largest absolute Gasteiger partial charge is 0.481 e. The molecule has 78 valence electrons. The summed E-state index contributed by atoms with van der Waals surface area (Å²) in [5.74, 6) is -0.696. The zero-order valence-electron chi connectivity index (χ0n) is 8.10. The van der Waals surface area contributed by atoms with Gasteiger partial charge < -0.3 is 9.84 Å². The Bertz CT molecular complexity index is 273. The Morgan fingerprint density at radius 1 is 1.14 bits per heavy atom. The lowest BCUT2D eigenvalue weighted by atomic mass is 9.82. The first-order valence-corrected chi connectivity index (χ1v) is 4.94. The van der Waals surface area contributed by atoms with Crippen LogP contribution in [0.4, 0.5) is 0 Å². The molecule has 0 aliphatic heterocycles. The Hall–Kier alpha value is -1.06. The van der Waals surface area contributed by atoms with Crippen LogP contribution in [0.25, 0.3) is 0 Å². The molecule has 0 radical (unpaired) electrons. The molecule has 4 atom stereocenters. The van der Waals surface area contributed by atoms with Gasteiger partial charge in [0.05, 0.1) is 18.9 Å². The van der Waals surface area contributed by atoms with Gasteiger partial charge in [0.1, 0.15) is 0 Å². The van der Waals surface area contributed by atoms with E-state index in [4.69, 9.17) is 9.84 Å². The molecule has 0 spiro atoms. The van der Waals surface area contributed by atoms with E-state index in [1.807, 2.05) is 0 Å². The normalized spacial score (nSPS) is 39.8. The first-order chi connectivity index (χ1) is 6.63. The van der Waals surface area contributed by atoms with Gasteiger partial charge in [0.15, 0.2) is 0 Å². The molecule has 2 bridgehead atoms. The van der Waals surface area contributed by atoms with E-state index in [1.54, 1.807) is 0 Å². The molecule has 0 saturated heterocycles. The van der Waals surface area contributed by atoms with Gasteiger partial charge in [-0.05, 0) is 31.1 Å². The van der Waals surface area contributed by atoms with Crippen molar-refractivity contribution in [2.75, 3.05) is 7.11 Å². The molecule has 4 nitrogen and oxygen atoms in total. The van der Waals surface area contributed by atoms with E-state index in [0.29, 0.717) is 12.8 Å². The van der Waals surface area contributed by atoms with Crippen molar-refractivity contribution < 1.29 is 19.4 Å². The Balaban J connectivity index is 2.03. The van der Waals surface area contributed by atoms with Gasteiger partial charge in [0, 0.05) is 0 Å². The standard InChI is InChI=1S/C10H14O4/c1-14-10(13)8-4-5-2-6(8)3-7(5)9(11)12/h5-8H,2-4H2,1H3,(H,11,12). The Morgan fingerprint density at radius 2 is 1.71 bits per heavy atom. The summed E-state index contributed by atoms with van der Waals surface area (Å²) in [6.45, 7) is 0. The number of methoxy groups -OCH3 is 1. The van der Waals surface area contributed by atoms with E-state index in [2.05, 4.69) is 0 Å². The van der Waals surface area contributed by atoms with Crippen LogP contribution in [0.3, 0.4) is 0 Å². The second-order valence-electron chi connectivity index (χ2n) is 4.30. The summed E-state index contributed by atoms with van der Waals surface area (Å²) in [5.41, 5.74) is 0. The number of ether oxygens (including phenoxy) is 1. The highest BCUT2D eigenvalue weighted by Gasteiger charge is 2.51. The fourth-order valence-electron chi connectivity index (χ4n) is 3.02. The van der Waals surface area contributed by atoms with Crippen LogP contribution in [0.2, 0.25) is 0 Å². The van der Waals surface area contributed by atoms with E-state index >= 15 is 0 Å². The number of carboxylic acid groups (broad SMARTS) is 1. The minimum absolute atomic E-state index is 0.0411. The van der Waals surface area contributed by atoms with Crippen molar-refractivity contribution in [3.05, 3.63) is 0 Å². The van der Waals surface area contributed by atoms with Crippen LogP contribution < -0.4 is 0 Å². The van der Waals surface area contributed by atoms with Gasteiger partial charge in [0.2, 0.25) is 0 Å². The van der Waals surface area contributed by atoms with Crippen LogP contribution in [-0.4, -0.2) is 24.2 Å². The molecular weight excluding hydrogens is 184 g/mol. The average Bonchev–Trinajstić information content (AvgIpc) is 2.74. The zero-order valence-corrected chi connectivity index (χ0v) is 8.10. The molecule has 0 aromatic heterocycles. The van der Waals surface area contributed by atoms with Crippen molar-refractivity contribution in [2.24, 2.45) is 23.7 Å². The lowest BCUT2D eigenvalue weighted by Gasteiger charge is -2.23. The Labute approximate surface area is 82.2 Å². The number of carboxylic acids is 1. The second-order valence-corrected chi connectivity index (χ2v) is 4.30. The third-order valence-electron chi connectivity index (χ3n) is 3.68. The molecule has 14 heavy (non-hydrogen) atoms. The molecule has 2 fully saturated rings. The maximum absolute atomic E-state index is 11.3. The van der Waals surface area contributed by atoms with Crippen LogP contribution in [0, 0.1) is 23.7 Å². The molecule has 4 heteroatoms. The fourth-order valence-corrected chi connectivity index (χ4v) is 3.02. The Morgan fingerprint density at radius 3 is 2.14 bits per heavy atom. The lowest BCUT2D eigenvalue weighted by molar-refractivity contribution is -0.150. The summed E-state index contributed by atoms with van der Waals surface area (Å²) < 4.78 is 4.70. The Kier molecular flexibility index (Phi) is 2.21. The molecule has 0 amide bonds. The van der Waals surface area contributed by atoms with Crippen molar-refractivity contribution in [3.8, 4) is 0 Å². The summed E-state index contributed by atoms with van der Waals surface area (Å²) in [4.78, 5) is 22.1. The predicted molar refractivity (Wildman–Crippen MR) is 47.5 cm³/mol. The van der Waals surface area contributed by atoms with E-state index in [-0.39, 0.29) is 29.6 Å². The van der Waals surface area contributed by atoms with Gasteiger partial charge in [0.25, 0.3) is 0 Å². The van der Waals surface area contributed by atoms with Crippen LogP contribution >= 0.6 is 0 Å². The second kappa shape index (κ2) is 3.26. The third kappa shape index (κ3) is 1.29. The molecule has 0 aromatic carbocycles. The monoisotopic (exact) mass is 198 g/mol. The van der Waals surface area contributed by atoms with Crippen molar-refractivity contribution in [1.29, 1.82) is 0 Å². The molecule has 0 aromatic rings. The van der Waals surface area contributed by atoms with Crippen LogP contribution in [-0.2, 0) is 14.3 Å². The number of fused-ring (bicyclic) bond motifs is 2. The minimum atomic E-state index is -0.708. The summed E-state index contributed by atoms with van der Waals surface area (Å²) >= 11 is 0. The van der Waals surface area contributed by atoms with Crippen molar-refractivity contribution >= 4 is 11.9 Å². The first-order valence-electron chi connectivity index (χ1n) is 4.94. The van der Waals surface area contributed by atoms with E-state index in [9.17, 15) is 9.59 Å². The lowest BCUT2D eigenvalue weighted by Crippen LogP contribution is -2.28. The fraction of sp³-hybridized carbons (Fsp3) is 0.800. The SMILES string of the molecule is COC(=O)C1CC2CC1CC2C(=O)O. The van der Waals surface area contributed by atoms with Crippen LogP contribution in [0.15, 0.2) is 0 Å². The summed E-state index contributed by atoms with van der Waals surface area (Å²) in [7, 11) is 1.39. The predicted octanol–water partition coefficient (Wildman–Crippen LogP) is 0.906. The first kappa shape index (κ1) is 9.49. The number of hydrogen-bond donors (Lipinski definition) is 1. The van der Waals surface area contributed by atoms with Crippen LogP contribution in [0.5, 0.6) is 0 Å². The minimum Gasteiger partial charge on any atom is -0.481 e. The van der Waals surface area contributed by atoms with Gasteiger partial charge in [-0.1, -0.05) is 0 Å².